The molecule has 0 unspecified atom stereocenters. The van der Waals surface area contributed by atoms with Gasteiger partial charge in [-0.15, -0.1) is 0 Å². The zero-order chi connectivity index (χ0) is 28.8. The number of fused-ring (bicyclic) bond motifs is 1. The van der Waals surface area contributed by atoms with Crippen LogP contribution in [0.5, 0.6) is 0 Å². The minimum absolute atomic E-state index is 0.110. The summed E-state index contributed by atoms with van der Waals surface area (Å²) in [5.41, 5.74) is 11.3. The number of hydrogen-bond acceptors (Lipinski definition) is 11. The van der Waals surface area contributed by atoms with Crippen LogP contribution in [0.1, 0.15) is 35.7 Å². The minimum atomic E-state index is -4.38. The van der Waals surface area contributed by atoms with Gasteiger partial charge in [0.15, 0.2) is 17.0 Å². The summed E-state index contributed by atoms with van der Waals surface area (Å²) in [6, 6.07) is 7.31. The summed E-state index contributed by atoms with van der Waals surface area (Å²) in [5.74, 6) is 4.33. The molecule has 15 heteroatoms. The zero-order valence-electron chi connectivity index (χ0n) is 21.3. The first-order valence-corrected chi connectivity index (χ1v) is 13.9. The van der Waals surface area contributed by atoms with E-state index in [0.717, 1.165) is 12.1 Å². The second kappa shape index (κ2) is 10.2. The standard InChI is InChI=1S/C25H26ClN5O8S/c1-36-8-9-37-11-19(32)31-40(34,35)20-5-4-18(38-20)21(33)30-25(28)7-6-23(14-25)12-24(27,13-23)22-29-16-10-15(26)2-3-17(16)39-22/h2-5,10H,8-9,11-14,27-28H2,1H3,(H,30,33)(H,31,32)/t23-,24+,25-/m0/s1. The molecule has 13 nitrogen and oxygen atoms in total. The molecule has 1 fully saturated rings. The van der Waals surface area contributed by atoms with Gasteiger partial charge in [-0.25, -0.2) is 9.71 Å². The van der Waals surface area contributed by atoms with Crippen LogP contribution < -0.4 is 21.5 Å². The number of amides is 2. The van der Waals surface area contributed by atoms with Crippen molar-refractivity contribution in [2.75, 3.05) is 26.9 Å². The lowest BCUT2D eigenvalue weighted by Crippen LogP contribution is -2.60. The van der Waals surface area contributed by atoms with Gasteiger partial charge in [-0.1, -0.05) is 23.4 Å². The molecular weight excluding hydrogens is 566 g/mol. The molecule has 2 aliphatic carbocycles. The van der Waals surface area contributed by atoms with Crippen molar-refractivity contribution in [2.24, 2.45) is 16.9 Å². The lowest BCUT2D eigenvalue weighted by atomic mass is 9.57. The number of carbonyl (C=O) groups is 2. The van der Waals surface area contributed by atoms with Crippen LogP contribution in [0.4, 0.5) is 0 Å². The van der Waals surface area contributed by atoms with Gasteiger partial charge in [-0.2, -0.15) is 8.42 Å². The molecule has 212 valence electrons. The SMILES string of the molecule is COCCOCC(=O)NS(=O)(=O)c1ccc(C(=O)N[C@@]2(N)C#C[C@]3(C2)C[C@](N)(c2nc4cc(Cl)ccc4o2)C3)o1. The average Bonchev–Trinajstić information content (AvgIpc) is 3.59. The number of nitrogens with zero attached hydrogens (tertiary/aromatic N) is 1. The molecule has 5 rings (SSSR count). The van der Waals surface area contributed by atoms with Gasteiger partial charge < -0.3 is 29.4 Å². The van der Waals surface area contributed by atoms with E-state index < -0.39 is 50.2 Å². The fourth-order valence-corrected chi connectivity index (χ4v) is 6.04. The lowest BCUT2D eigenvalue weighted by Gasteiger charge is -2.49. The number of benzene rings is 1. The number of hydrogen-bond donors (Lipinski definition) is 4. The Morgan fingerprint density at radius 1 is 1.12 bits per heavy atom. The summed E-state index contributed by atoms with van der Waals surface area (Å²) >= 11 is 6.03. The van der Waals surface area contributed by atoms with E-state index in [1.54, 1.807) is 22.9 Å². The van der Waals surface area contributed by atoms with Gasteiger partial charge in [0, 0.05) is 24.0 Å². The highest BCUT2D eigenvalue weighted by Gasteiger charge is 2.59. The molecule has 0 saturated heterocycles. The van der Waals surface area contributed by atoms with Gasteiger partial charge in [0.25, 0.3) is 21.8 Å². The van der Waals surface area contributed by atoms with E-state index in [1.807, 2.05) is 0 Å². The number of rotatable bonds is 10. The molecule has 2 aromatic heterocycles. The summed E-state index contributed by atoms with van der Waals surface area (Å²) in [6.07, 6.45) is 1.04. The van der Waals surface area contributed by atoms with E-state index in [0.29, 0.717) is 34.9 Å². The fourth-order valence-electron chi connectivity index (χ4n) is 4.96. The predicted molar refractivity (Wildman–Crippen MR) is 140 cm³/mol. The van der Waals surface area contributed by atoms with Crippen molar-refractivity contribution in [3.8, 4) is 11.8 Å². The van der Waals surface area contributed by atoms with Gasteiger partial charge in [0.2, 0.25) is 11.0 Å². The van der Waals surface area contributed by atoms with E-state index in [1.165, 1.54) is 7.11 Å². The van der Waals surface area contributed by atoms with Gasteiger partial charge in [0.05, 0.1) is 18.8 Å². The van der Waals surface area contributed by atoms with Crippen molar-refractivity contribution >= 4 is 44.5 Å². The first kappa shape index (κ1) is 28.1. The Morgan fingerprint density at radius 2 is 1.90 bits per heavy atom. The van der Waals surface area contributed by atoms with Crippen LogP contribution in [0.3, 0.4) is 0 Å². The third kappa shape index (κ3) is 5.57. The number of halogens is 1. The molecule has 0 aliphatic heterocycles. The van der Waals surface area contributed by atoms with Crippen molar-refractivity contribution in [1.82, 2.24) is 15.0 Å². The number of methoxy groups -OCH3 is 1. The largest absolute Gasteiger partial charge is 0.439 e. The van der Waals surface area contributed by atoms with Crippen molar-refractivity contribution in [2.45, 2.75) is 35.6 Å². The van der Waals surface area contributed by atoms with Crippen LogP contribution in [0.15, 0.2) is 44.3 Å². The van der Waals surface area contributed by atoms with Crippen LogP contribution in [0, 0.1) is 17.3 Å². The Morgan fingerprint density at radius 3 is 2.65 bits per heavy atom. The summed E-state index contributed by atoms with van der Waals surface area (Å²) in [7, 11) is -2.92. The van der Waals surface area contributed by atoms with Crippen LogP contribution in [0.25, 0.3) is 11.1 Å². The Bertz CT molecular complexity index is 1650. The second-order valence-corrected chi connectivity index (χ2v) is 12.0. The third-order valence-electron chi connectivity index (χ3n) is 6.57. The smallest absolute Gasteiger partial charge is 0.297 e. The summed E-state index contributed by atoms with van der Waals surface area (Å²) in [5, 5.41) is 2.50. The Hall–Kier alpha value is -3.45. The van der Waals surface area contributed by atoms with Crippen molar-refractivity contribution < 1.29 is 36.3 Å². The van der Waals surface area contributed by atoms with Crippen LogP contribution in [-0.2, 0) is 29.8 Å². The van der Waals surface area contributed by atoms with Crippen molar-refractivity contribution in [3.63, 3.8) is 0 Å². The van der Waals surface area contributed by atoms with E-state index in [2.05, 4.69) is 22.1 Å². The van der Waals surface area contributed by atoms with E-state index in [9.17, 15) is 18.0 Å². The maximum absolute atomic E-state index is 12.8. The Kier molecular flexibility index (Phi) is 7.15. The van der Waals surface area contributed by atoms with Gasteiger partial charge in [-0.3, -0.25) is 15.3 Å². The molecule has 3 aromatic rings. The molecule has 1 atom stereocenters. The number of nitrogens with one attached hydrogen (secondary N) is 2. The molecule has 1 aromatic carbocycles. The number of oxazole rings is 1. The highest BCUT2D eigenvalue weighted by molar-refractivity contribution is 7.89. The quantitative estimate of drug-likeness (QED) is 0.149. The first-order valence-electron chi connectivity index (χ1n) is 12.1. The van der Waals surface area contributed by atoms with Crippen molar-refractivity contribution in [1.29, 1.82) is 0 Å². The molecule has 2 heterocycles. The normalized spacial score (nSPS) is 25.4. The number of nitrogens with two attached hydrogens (primary N) is 2. The highest BCUT2D eigenvalue weighted by atomic mass is 35.5. The van der Waals surface area contributed by atoms with Crippen LogP contribution in [0.2, 0.25) is 5.02 Å². The maximum Gasteiger partial charge on any atom is 0.297 e. The number of carbonyl (C=O) groups excluding carboxylic acids is 2. The third-order valence-corrected chi connectivity index (χ3v) is 8.05. The molecule has 1 spiro atoms. The molecule has 2 amide bonds. The molecule has 6 N–H and O–H groups in total. The highest BCUT2D eigenvalue weighted by Crippen LogP contribution is 2.57. The van der Waals surface area contributed by atoms with Crippen molar-refractivity contribution in [3.05, 3.63) is 47.0 Å². The first-order chi connectivity index (χ1) is 18.8. The zero-order valence-corrected chi connectivity index (χ0v) is 22.9. The van der Waals surface area contributed by atoms with Gasteiger partial charge in [0.1, 0.15) is 12.1 Å². The predicted octanol–water partition coefficient (Wildman–Crippen LogP) is 0.968. The topological polar surface area (TPSA) is 202 Å². The summed E-state index contributed by atoms with van der Waals surface area (Å²) in [6.45, 7) is -0.151. The summed E-state index contributed by atoms with van der Waals surface area (Å²) in [4.78, 5) is 29.2. The fraction of sp³-hybridized carbons (Fsp3) is 0.400. The number of aromatic nitrogens is 1. The van der Waals surface area contributed by atoms with Gasteiger partial charge in [-0.05, 0) is 43.2 Å². The monoisotopic (exact) mass is 591 g/mol. The van der Waals surface area contributed by atoms with E-state index in [4.69, 9.17) is 41.4 Å². The van der Waals surface area contributed by atoms with E-state index in [-0.39, 0.29) is 25.4 Å². The molecule has 0 radical (unpaired) electrons. The molecule has 40 heavy (non-hydrogen) atoms. The second-order valence-electron chi connectivity index (χ2n) is 9.97. The number of furan rings is 1. The lowest BCUT2D eigenvalue weighted by molar-refractivity contribution is -0.124. The Labute approximate surface area is 233 Å². The molecular formula is C25H26ClN5O8S. The van der Waals surface area contributed by atoms with Crippen LogP contribution >= 0.6 is 11.6 Å². The Balaban J connectivity index is 1.18. The number of ether oxygens (including phenoxy) is 2. The molecule has 1 saturated carbocycles. The summed E-state index contributed by atoms with van der Waals surface area (Å²) < 4.78 is 47.5. The van der Waals surface area contributed by atoms with Crippen LogP contribution in [-0.4, -0.2) is 57.8 Å². The molecule has 0 bridgehead atoms. The van der Waals surface area contributed by atoms with E-state index >= 15 is 0 Å². The maximum atomic E-state index is 12.8. The minimum Gasteiger partial charge on any atom is -0.439 e. The number of sulfonamides is 1. The average molecular weight is 592 g/mol. The van der Waals surface area contributed by atoms with Gasteiger partial charge >= 0.3 is 0 Å². The molecule has 2 aliphatic rings.